The minimum absolute atomic E-state index is 0.00881. The van der Waals surface area contributed by atoms with Gasteiger partial charge >= 0.3 is 11.9 Å². The van der Waals surface area contributed by atoms with Gasteiger partial charge in [0.05, 0.1) is 5.75 Å². The summed E-state index contributed by atoms with van der Waals surface area (Å²) in [4.78, 5) is 55.4. The molecule has 0 rings (SSSR count). The second kappa shape index (κ2) is 11.2. The number of rotatable bonds is 12. The van der Waals surface area contributed by atoms with Crippen LogP contribution in [0.2, 0.25) is 0 Å². The second-order valence-corrected chi connectivity index (χ2v) is 5.73. The Bertz CT molecular complexity index is 500. The average Bonchev–Trinajstić information content (AvgIpc) is 2.48. The lowest BCUT2D eigenvalue weighted by atomic mass is 10.1. The number of carboxylic acid groups (broad SMARTS) is 2. The van der Waals surface area contributed by atoms with E-state index in [1.165, 1.54) is 0 Å². The van der Waals surface area contributed by atoms with Crippen molar-refractivity contribution in [2.24, 2.45) is 11.5 Å². The molecular weight excluding hydrogens is 344 g/mol. The van der Waals surface area contributed by atoms with E-state index in [0.29, 0.717) is 0 Å². The smallest absolute Gasteiger partial charge is 0.322 e. The van der Waals surface area contributed by atoms with Crippen LogP contribution < -0.4 is 22.1 Å². The molecule has 2 atom stereocenters. The van der Waals surface area contributed by atoms with Crippen LogP contribution in [-0.2, 0) is 24.0 Å². The van der Waals surface area contributed by atoms with Gasteiger partial charge in [-0.05, 0) is 6.42 Å². The molecule has 136 valence electrons. The molecule has 0 aromatic rings. The summed E-state index contributed by atoms with van der Waals surface area (Å²) in [7, 11) is 0. The van der Waals surface area contributed by atoms with Crippen LogP contribution >= 0.6 is 11.8 Å². The molecule has 0 saturated heterocycles. The van der Waals surface area contributed by atoms with Crippen molar-refractivity contribution >= 4 is 41.4 Å². The molecule has 0 saturated carbocycles. The number of hydrogen-bond acceptors (Lipinski definition) is 7. The van der Waals surface area contributed by atoms with Crippen molar-refractivity contribution in [1.29, 1.82) is 0 Å². The number of nitrogens with two attached hydrogens (primary N) is 2. The Morgan fingerprint density at radius 1 is 1.12 bits per heavy atom. The molecule has 12 heteroatoms. The molecule has 0 aromatic heterocycles. The van der Waals surface area contributed by atoms with Gasteiger partial charge in [0.1, 0.15) is 18.6 Å². The predicted molar refractivity (Wildman–Crippen MR) is 83.9 cm³/mol. The van der Waals surface area contributed by atoms with Crippen LogP contribution in [0.1, 0.15) is 12.8 Å². The summed E-state index contributed by atoms with van der Waals surface area (Å²) in [6.07, 6.45) is -0.351. The van der Waals surface area contributed by atoms with E-state index in [0.717, 1.165) is 11.8 Å². The van der Waals surface area contributed by atoms with Gasteiger partial charge in [0, 0.05) is 12.2 Å². The van der Waals surface area contributed by atoms with Gasteiger partial charge in [-0.15, -0.1) is 11.8 Å². The maximum absolute atomic E-state index is 11.9. The van der Waals surface area contributed by atoms with E-state index >= 15 is 0 Å². The monoisotopic (exact) mass is 364 g/mol. The third kappa shape index (κ3) is 10.4. The molecule has 8 N–H and O–H groups in total. The SMILES string of the molecule is NC(=O)CSC[C@H](NC(=O)CC[C@H](N)C(=O)O)C(=O)NCC(=O)O. The van der Waals surface area contributed by atoms with E-state index in [9.17, 15) is 24.0 Å². The number of amides is 3. The van der Waals surface area contributed by atoms with E-state index in [1.807, 2.05) is 0 Å². The average molecular weight is 364 g/mol. The Hall–Kier alpha value is -2.34. The fourth-order valence-corrected chi connectivity index (χ4v) is 2.21. The molecule has 0 radical (unpaired) electrons. The van der Waals surface area contributed by atoms with Gasteiger partial charge in [-0.2, -0.15) is 0 Å². The minimum atomic E-state index is -1.26. The molecule has 0 aliphatic carbocycles. The highest BCUT2D eigenvalue weighted by molar-refractivity contribution is 8.00. The predicted octanol–water partition coefficient (Wildman–Crippen LogP) is -2.92. The minimum Gasteiger partial charge on any atom is -0.480 e. The highest BCUT2D eigenvalue weighted by atomic mass is 32.2. The maximum Gasteiger partial charge on any atom is 0.322 e. The Kier molecular flexibility index (Phi) is 10.1. The van der Waals surface area contributed by atoms with Gasteiger partial charge in [0.15, 0.2) is 0 Å². The van der Waals surface area contributed by atoms with Crippen molar-refractivity contribution in [3.8, 4) is 0 Å². The number of aliphatic carboxylic acids is 2. The van der Waals surface area contributed by atoms with Crippen molar-refractivity contribution in [2.45, 2.75) is 24.9 Å². The zero-order valence-electron chi connectivity index (χ0n) is 12.7. The van der Waals surface area contributed by atoms with Crippen LogP contribution in [0.5, 0.6) is 0 Å². The fraction of sp³-hybridized carbons (Fsp3) is 0.583. The van der Waals surface area contributed by atoms with Crippen LogP contribution in [0.4, 0.5) is 0 Å². The largest absolute Gasteiger partial charge is 0.480 e. The zero-order chi connectivity index (χ0) is 18.7. The van der Waals surface area contributed by atoms with Crippen LogP contribution in [0.15, 0.2) is 0 Å². The Morgan fingerprint density at radius 3 is 2.25 bits per heavy atom. The van der Waals surface area contributed by atoms with E-state index in [-0.39, 0.29) is 24.3 Å². The standard InChI is InChI=1S/C12H20N4O7S/c13-6(12(22)23)1-2-9(18)16-7(4-24-5-8(14)17)11(21)15-3-10(19)20/h6-7H,1-5,13H2,(H2,14,17)(H,15,21)(H,16,18)(H,19,20)(H,22,23)/t6-,7-/m0/s1. The number of carbonyl (C=O) groups excluding carboxylic acids is 3. The van der Waals surface area contributed by atoms with Gasteiger partial charge in [0.2, 0.25) is 17.7 Å². The summed E-state index contributed by atoms with van der Waals surface area (Å²) >= 11 is 0.987. The number of nitrogens with one attached hydrogen (secondary N) is 2. The Balaban J connectivity index is 4.57. The van der Waals surface area contributed by atoms with Crippen molar-refractivity contribution in [2.75, 3.05) is 18.1 Å². The normalized spacial score (nSPS) is 12.7. The first-order valence-corrected chi connectivity index (χ1v) is 7.92. The molecule has 24 heavy (non-hydrogen) atoms. The van der Waals surface area contributed by atoms with Gasteiger partial charge < -0.3 is 32.3 Å². The van der Waals surface area contributed by atoms with Crippen molar-refractivity contribution in [3.05, 3.63) is 0 Å². The van der Waals surface area contributed by atoms with E-state index in [1.54, 1.807) is 0 Å². The van der Waals surface area contributed by atoms with Gasteiger partial charge in [0.25, 0.3) is 0 Å². The summed E-state index contributed by atoms with van der Waals surface area (Å²) in [5.74, 6) is -4.58. The third-order valence-corrected chi connectivity index (χ3v) is 3.65. The van der Waals surface area contributed by atoms with E-state index in [2.05, 4.69) is 10.6 Å². The molecule has 0 aromatic carbocycles. The van der Waals surface area contributed by atoms with E-state index < -0.39 is 48.3 Å². The molecule has 0 heterocycles. The summed E-state index contributed by atoms with van der Waals surface area (Å²) < 4.78 is 0. The lowest BCUT2D eigenvalue weighted by Crippen LogP contribution is -2.49. The van der Waals surface area contributed by atoms with Crippen LogP contribution in [0.25, 0.3) is 0 Å². The number of carbonyl (C=O) groups is 5. The zero-order valence-corrected chi connectivity index (χ0v) is 13.5. The summed E-state index contributed by atoms with van der Waals surface area (Å²) in [6.45, 7) is -0.629. The molecular formula is C12H20N4O7S. The molecule has 0 aliphatic heterocycles. The maximum atomic E-state index is 11.9. The quantitative estimate of drug-likeness (QED) is 0.210. The highest BCUT2D eigenvalue weighted by Crippen LogP contribution is 2.04. The first kappa shape index (κ1) is 21.7. The lowest BCUT2D eigenvalue weighted by Gasteiger charge is -2.18. The number of primary amides is 1. The van der Waals surface area contributed by atoms with Crippen molar-refractivity contribution < 1.29 is 34.2 Å². The van der Waals surface area contributed by atoms with Gasteiger partial charge in [-0.3, -0.25) is 24.0 Å². The molecule has 0 aliphatic rings. The second-order valence-electron chi connectivity index (χ2n) is 4.70. The molecule has 0 unspecified atom stereocenters. The Labute approximate surface area is 141 Å². The summed E-state index contributed by atoms with van der Waals surface area (Å²) in [5.41, 5.74) is 10.2. The first-order chi connectivity index (χ1) is 11.1. The fourth-order valence-electron chi connectivity index (χ4n) is 1.42. The van der Waals surface area contributed by atoms with Crippen molar-refractivity contribution in [1.82, 2.24) is 10.6 Å². The third-order valence-electron chi connectivity index (χ3n) is 2.59. The van der Waals surface area contributed by atoms with Crippen LogP contribution in [-0.4, -0.2) is 70.0 Å². The van der Waals surface area contributed by atoms with Crippen LogP contribution in [0, 0.1) is 0 Å². The lowest BCUT2D eigenvalue weighted by molar-refractivity contribution is -0.139. The topological polar surface area (TPSA) is 202 Å². The highest BCUT2D eigenvalue weighted by Gasteiger charge is 2.22. The molecule has 0 spiro atoms. The first-order valence-electron chi connectivity index (χ1n) is 6.76. The molecule has 0 fully saturated rings. The summed E-state index contributed by atoms with van der Waals surface area (Å²) in [5, 5.41) is 21.6. The van der Waals surface area contributed by atoms with Gasteiger partial charge in [-0.25, -0.2) is 0 Å². The van der Waals surface area contributed by atoms with Gasteiger partial charge in [-0.1, -0.05) is 0 Å². The molecule has 3 amide bonds. The molecule has 0 bridgehead atoms. The van der Waals surface area contributed by atoms with Crippen molar-refractivity contribution in [3.63, 3.8) is 0 Å². The number of hydrogen-bond donors (Lipinski definition) is 6. The summed E-state index contributed by atoms with van der Waals surface area (Å²) in [6, 6.07) is -2.30. The van der Waals surface area contributed by atoms with Crippen LogP contribution in [0.3, 0.4) is 0 Å². The van der Waals surface area contributed by atoms with E-state index in [4.69, 9.17) is 21.7 Å². The Morgan fingerprint density at radius 2 is 1.75 bits per heavy atom. The molecule has 11 nitrogen and oxygen atoms in total. The number of carboxylic acids is 2. The number of thioether (sulfide) groups is 1.